The summed E-state index contributed by atoms with van der Waals surface area (Å²) in [5, 5.41) is 0. The molecular weight excluding hydrogens is 190 g/mol. The molecule has 1 aliphatic rings. The van der Waals surface area contributed by atoms with Gasteiger partial charge in [-0.2, -0.15) is 0 Å². The summed E-state index contributed by atoms with van der Waals surface area (Å²) >= 11 is 0. The normalized spacial score (nSPS) is 22.5. The van der Waals surface area contributed by atoms with Crippen LogP contribution in [0.15, 0.2) is 0 Å². The number of nitrogens with zero attached hydrogens (tertiary/aromatic N) is 2. The van der Waals surface area contributed by atoms with Crippen LogP contribution in [0.2, 0.25) is 0 Å². The number of likely N-dealkylation sites (N-methyl/N-ethyl adjacent to an activating group) is 1. The lowest BCUT2D eigenvalue weighted by Gasteiger charge is -2.39. The first kappa shape index (κ1) is 12.5. The van der Waals surface area contributed by atoms with Gasteiger partial charge in [-0.3, -0.25) is 9.69 Å². The molecule has 2 N–H and O–H groups in total. The van der Waals surface area contributed by atoms with Crippen LogP contribution in [-0.2, 0) is 4.79 Å². The molecule has 0 aromatic heterocycles. The van der Waals surface area contributed by atoms with E-state index in [0.717, 1.165) is 19.5 Å². The number of carbonyl (C=O) groups is 1. The number of piperidine rings is 1. The van der Waals surface area contributed by atoms with Crippen molar-refractivity contribution in [3.05, 3.63) is 0 Å². The Morgan fingerprint density at radius 3 is 2.80 bits per heavy atom. The van der Waals surface area contributed by atoms with E-state index in [1.54, 1.807) is 0 Å². The van der Waals surface area contributed by atoms with Gasteiger partial charge in [0.1, 0.15) is 0 Å². The van der Waals surface area contributed by atoms with Gasteiger partial charge < -0.3 is 10.6 Å². The van der Waals surface area contributed by atoms with Crippen molar-refractivity contribution in [2.45, 2.75) is 38.8 Å². The molecule has 0 bridgehead atoms. The van der Waals surface area contributed by atoms with Gasteiger partial charge in [-0.1, -0.05) is 0 Å². The Morgan fingerprint density at radius 1 is 1.60 bits per heavy atom. The van der Waals surface area contributed by atoms with Crippen LogP contribution in [0.5, 0.6) is 0 Å². The van der Waals surface area contributed by atoms with Crippen LogP contribution in [0.1, 0.15) is 26.7 Å². The maximum Gasteiger partial charge on any atom is 0.236 e. The number of hydrogen-bond donors (Lipinski definition) is 1. The summed E-state index contributed by atoms with van der Waals surface area (Å²) < 4.78 is 0. The lowest BCUT2D eigenvalue weighted by atomic mass is 10.0. The molecule has 1 fully saturated rings. The second kappa shape index (κ2) is 5.47. The average molecular weight is 213 g/mol. The van der Waals surface area contributed by atoms with E-state index >= 15 is 0 Å². The zero-order valence-electron chi connectivity index (χ0n) is 10.1. The first-order valence-corrected chi connectivity index (χ1v) is 5.76. The Bertz CT molecular complexity index is 218. The maximum absolute atomic E-state index is 11.5. The van der Waals surface area contributed by atoms with E-state index in [4.69, 9.17) is 5.73 Å². The van der Waals surface area contributed by atoms with E-state index in [-0.39, 0.29) is 12.5 Å². The quantitative estimate of drug-likeness (QED) is 0.732. The second-order valence-electron chi connectivity index (χ2n) is 4.60. The van der Waals surface area contributed by atoms with Crippen molar-refractivity contribution in [1.29, 1.82) is 0 Å². The van der Waals surface area contributed by atoms with E-state index in [1.807, 2.05) is 4.90 Å². The molecule has 1 unspecified atom stereocenters. The number of carbonyl (C=O) groups excluding carboxylic acids is 1. The SMILES string of the molecule is CC(C)N(C)C1CCCN(C(=O)CN)C1. The van der Waals surface area contributed by atoms with Crippen molar-refractivity contribution in [1.82, 2.24) is 9.80 Å². The molecule has 1 saturated heterocycles. The van der Waals surface area contributed by atoms with Crippen LogP contribution >= 0.6 is 0 Å². The molecule has 0 radical (unpaired) electrons. The fraction of sp³-hybridized carbons (Fsp3) is 0.909. The molecule has 0 aromatic carbocycles. The van der Waals surface area contributed by atoms with Crippen LogP contribution in [0, 0.1) is 0 Å². The average Bonchev–Trinajstić information content (AvgIpc) is 2.27. The Kier molecular flexibility index (Phi) is 4.54. The van der Waals surface area contributed by atoms with Gasteiger partial charge in [0.25, 0.3) is 0 Å². The first-order chi connectivity index (χ1) is 7.06. The standard InChI is InChI=1S/C11H23N3O/c1-9(2)13(3)10-5-4-6-14(8-10)11(15)7-12/h9-10H,4-8,12H2,1-3H3. The Labute approximate surface area is 92.4 Å². The Balaban J connectivity index is 2.52. The summed E-state index contributed by atoms with van der Waals surface area (Å²) in [6.07, 6.45) is 2.27. The number of likely N-dealkylation sites (tertiary alicyclic amines) is 1. The summed E-state index contributed by atoms with van der Waals surface area (Å²) in [6, 6.07) is 1.03. The largest absolute Gasteiger partial charge is 0.340 e. The minimum atomic E-state index is 0.0804. The second-order valence-corrected chi connectivity index (χ2v) is 4.60. The third kappa shape index (κ3) is 3.18. The zero-order chi connectivity index (χ0) is 11.4. The molecule has 15 heavy (non-hydrogen) atoms. The van der Waals surface area contributed by atoms with Crippen molar-refractivity contribution < 1.29 is 4.79 Å². The van der Waals surface area contributed by atoms with Crippen molar-refractivity contribution in [3.8, 4) is 0 Å². The van der Waals surface area contributed by atoms with Gasteiger partial charge >= 0.3 is 0 Å². The van der Waals surface area contributed by atoms with Crippen molar-refractivity contribution in [2.24, 2.45) is 5.73 Å². The Morgan fingerprint density at radius 2 is 2.27 bits per heavy atom. The van der Waals surface area contributed by atoms with Gasteiger partial charge in [0.05, 0.1) is 6.54 Å². The van der Waals surface area contributed by atoms with Crippen LogP contribution in [0.4, 0.5) is 0 Å². The van der Waals surface area contributed by atoms with E-state index < -0.39 is 0 Å². The van der Waals surface area contributed by atoms with Gasteiger partial charge in [-0.05, 0) is 33.7 Å². The smallest absolute Gasteiger partial charge is 0.236 e. The lowest BCUT2D eigenvalue weighted by Crippen LogP contribution is -2.51. The topological polar surface area (TPSA) is 49.6 Å². The molecule has 1 atom stereocenters. The molecule has 0 aromatic rings. The van der Waals surface area contributed by atoms with Crippen molar-refractivity contribution in [3.63, 3.8) is 0 Å². The molecule has 0 aliphatic carbocycles. The molecule has 4 heteroatoms. The summed E-state index contributed by atoms with van der Waals surface area (Å²) in [4.78, 5) is 15.7. The minimum absolute atomic E-state index is 0.0804. The van der Waals surface area contributed by atoms with Crippen LogP contribution in [0.3, 0.4) is 0 Å². The monoisotopic (exact) mass is 213 g/mol. The fourth-order valence-electron chi connectivity index (χ4n) is 2.06. The number of nitrogens with two attached hydrogens (primary N) is 1. The molecule has 1 amide bonds. The summed E-state index contributed by atoms with van der Waals surface area (Å²) in [5.74, 6) is 0.0804. The zero-order valence-corrected chi connectivity index (χ0v) is 10.1. The highest BCUT2D eigenvalue weighted by atomic mass is 16.2. The summed E-state index contributed by atoms with van der Waals surface area (Å²) in [5.41, 5.74) is 5.38. The van der Waals surface area contributed by atoms with E-state index in [1.165, 1.54) is 6.42 Å². The van der Waals surface area contributed by atoms with E-state index in [0.29, 0.717) is 12.1 Å². The highest BCUT2D eigenvalue weighted by molar-refractivity contribution is 5.78. The van der Waals surface area contributed by atoms with Gasteiger partial charge in [0, 0.05) is 25.2 Å². The van der Waals surface area contributed by atoms with Gasteiger partial charge in [0.15, 0.2) is 0 Å². The summed E-state index contributed by atoms with van der Waals surface area (Å²) in [6.45, 7) is 6.22. The number of rotatable bonds is 3. The molecule has 88 valence electrons. The molecule has 1 rings (SSSR count). The highest BCUT2D eigenvalue weighted by Gasteiger charge is 2.26. The molecule has 0 saturated carbocycles. The minimum Gasteiger partial charge on any atom is -0.340 e. The maximum atomic E-state index is 11.5. The van der Waals surface area contributed by atoms with E-state index in [9.17, 15) is 4.79 Å². The number of amides is 1. The first-order valence-electron chi connectivity index (χ1n) is 5.76. The van der Waals surface area contributed by atoms with Gasteiger partial charge in [0.2, 0.25) is 5.91 Å². The summed E-state index contributed by atoms with van der Waals surface area (Å²) in [7, 11) is 2.13. The van der Waals surface area contributed by atoms with Crippen molar-refractivity contribution in [2.75, 3.05) is 26.7 Å². The fourth-order valence-corrected chi connectivity index (χ4v) is 2.06. The van der Waals surface area contributed by atoms with Crippen LogP contribution in [-0.4, -0.2) is 54.5 Å². The third-order valence-corrected chi connectivity index (χ3v) is 3.31. The molecular formula is C11H23N3O. The Hall–Kier alpha value is -0.610. The third-order valence-electron chi connectivity index (χ3n) is 3.31. The van der Waals surface area contributed by atoms with E-state index in [2.05, 4.69) is 25.8 Å². The number of hydrogen-bond acceptors (Lipinski definition) is 3. The van der Waals surface area contributed by atoms with Crippen molar-refractivity contribution >= 4 is 5.91 Å². The highest BCUT2D eigenvalue weighted by Crippen LogP contribution is 2.16. The molecule has 4 nitrogen and oxygen atoms in total. The van der Waals surface area contributed by atoms with Crippen LogP contribution in [0.25, 0.3) is 0 Å². The molecule has 1 heterocycles. The van der Waals surface area contributed by atoms with Gasteiger partial charge in [-0.15, -0.1) is 0 Å². The predicted molar refractivity (Wildman–Crippen MR) is 61.6 cm³/mol. The molecule has 0 spiro atoms. The molecule has 1 aliphatic heterocycles. The predicted octanol–water partition coefficient (Wildman–Crippen LogP) is 0.276. The lowest BCUT2D eigenvalue weighted by molar-refractivity contribution is -0.131. The van der Waals surface area contributed by atoms with Gasteiger partial charge in [-0.25, -0.2) is 0 Å². The van der Waals surface area contributed by atoms with Crippen LogP contribution < -0.4 is 5.73 Å².